The molecule has 0 saturated carbocycles. The number of ether oxygens (including phenoxy) is 2. The first-order chi connectivity index (χ1) is 17.7. The van der Waals surface area contributed by atoms with Crippen LogP contribution in [0.15, 0.2) is 57.5 Å². The fraction of sp³-hybridized carbons (Fsp3) is 0.367. The van der Waals surface area contributed by atoms with Crippen LogP contribution in [0.2, 0.25) is 0 Å². The van der Waals surface area contributed by atoms with E-state index in [1.54, 1.807) is 18.4 Å². The van der Waals surface area contributed by atoms with Gasteiger partial charge in [0.15, 0.2) is 4.80 Å². The van der Waals surface area contributed by atoms with E-state index in [1.807, 2.05) is 57.2 Å². The van der Waals surface area contributed by atoms with Crippen molar-refractivity contribution in [2.24, 2.45) is 4.99 Å². The molecule has 2 heterocycles. The summed E-state index contributed by atoms with van der Waals surface area (Å²) in [5, 5.41) is 0. The molecule has 4 rings (SSSR count). The summed E-state index contributed by atoms with van der Waals surface area (Å²) in [6.07, 6.45) is 1.93. The average molecular weight is 519 g/mol. The van der Waals surface area contributed by atoms with Crippen molar-refractivity contribution in [2.45, 2.75) is 60.4 Å². The Morgan fingerprint density at radius 1 is 1.11 bits per heavy atom. The Bertz CT molecular complexity index is 1540. The molecule has 0 unspecified atom stereocenters. The Balaban J connectivity index is 1.94. The van der Waals surface area contributed by atoms with Gasteiger partial charge in [-0.1, -0.05) is 55.0 Å². The highest BCUT2D eigenvalue weighted by molar-refractivity contribution is 7.07. The van der Waals surface area contributed by atoms with Crippen LogP contribution in [0.25, 0.3) is 6.08 Å². The van der Waals surface area contributed by atoms with Crippen LogP contribution in [0.4, 0.5) is 0 Å². The Labute approximate surface area is 221 Å². The normalized spacial score (nSPS) is 15.6. The molecule has 2 aromatic carbocycles. The number of allylic oxidation sites excluding steroid dienone is 1. The van der Waals surface area contributed by atoms with Gasteiger partial charge in [0.2, 0.25) is 0 Å². The summed E-state index contributed by atoms with van der Waals surface area (Å²) in [5.74, 6) is 0.696. The molecular formula is C30H34N2O4S. The number of hydrogen-bond donors (Lipinski definition) is 0. The molecule has 0 radical (unpaired) electrons. The van der Waals surface area contributed by atoms with E-state index in [2.05, 4.69) is 24.9 Å². The van der Waals surface area contributed by atoms with Gasteiger partial charge in [-0.2, -0.15) is 0 Å². The van der Waals surface area contributed by atoms with E-state index in [0.717, 1.165) is 33.6 Å². The third kappa shape index (κ3) is 5.18. The molecule has 0 fully saturated rings. The van der Waals surface area contributed by atoms with Gasteiger partial charge in [-0.3, -0.25) is 9.36 Å². The number of rotatable bonds is 7. The lowest BCUT2D eigenvalue weighted by Gasteiger charge is -2.24. The standard InChI is InChI=1S/C30H34N2O4S/c1-8-35-24-14-19(6)22(15-23(24)17(3)4)16-25-28(33)32-27(21-12-10-18(5)11-13-21)26(29(34)36-9-2)20(7)31-30(32)37-25/h10-17,27H,8-9H2,1-7H3/b25-16-/t27-/m1/s1. The van der Waals surface area contributed by atoms with E-state index in [1.165, 1.54) is 11.3 Å². The van der Waals surface area contributed by atoms with Crippen LogP contribution >= 0.6 is 11.3 Å². The first-order valence-corrected chi connectivity index (χ1v) is 13.5. The molecule has 0 bridgehead atoms. The number of nitrogens with zero attached hydrogens (tertiary/aromatic N) is 2. The summed E-state index contributed by atoms with van der Waals surface area (Å²) >= 11 is 1.34. The Hall–Kier alpha value is -3.45. The second-order valence-corrected chi connectivity index (χ2v) is 10.6. The highest BCUT2D eigenvalue weighted by Gasteiger charge is 2.33. The van der Waals surface area contributed by atoms with Gasteiger partial charge in [0.05, 0.1) is 35.1 Å². The van der Waals surface area contributed by atoms with Crippen molar-refractivity contribution in [3.8, 4) is 5.75 Å². The third-order valence-electron chi connectivity index (χ3n) is 6.52. The molecular weight excluding hydrogens is 484 g/mol. The summed E-state index contributed by atoms with van der Waals surface area (Å²) in [4.78, 5) is 32.2. The first kappa shape index (κ1) is 26.6. The summed E-state index contributed by atoms with van der Waals surface area (Å²) in [6.45, 7) is 14.7. The highest BCUT2D eigenvalue weighted by atomic mass is 32.1. The molecule has 1 aromatic heterocycles. The SMILES string of the molecule is CCOC(=O)C1=C(C)N=c2s/c(=C\c3cc(C(C)C)c(OCC)cc3C)c(=O)n2[C@@H]1c1ccc(C)cc1. The summed E-state index contributed by atoms with van der Waals surface area (Å²) in [7, 11) is 0. The highest BCUT2D eigenvalue weighted by Crippen LogP contribution is 2.32. The fourth-order valence-corrected chi connectivity index (χ4v) is 5.64. The summed E-state index contributed by atoms with van der Waals surface area (Å²) in [5.41, 5.74) is 5.81. The molecule has 1 aliphatic rings. The molecule has 37 heavy (non-hydrogen) atoms. The number of hydrogen-bond acceptors (Lipinski definition) is 6. The number of thiazole rings is 1. The van der Waals surface area contributed by atoms with E-state index < -0.39 is 12.0 Å². The zero-order valence-corrected chi connectivity index (χ0v) is 23.4. The molecule has 7 heteroatoms. The molecule has 0 aliphatic carbocycles. The van der Waals surface area contributed by atoms with Crippen LogP contribution in [-0.2, 0) is 9.53 Å². The van der Waals surface area contributed by atoms with Crippen molar-refractivity contribution in [1.82, 2.24) is 4.57 Å². The third-order valence-corrected chi connectivity index (χ3v) is 7.50. The van der Waals surface area contributed by atoms with Crippen LogP contribution in [-0.4, -0.2) is 23.8 Å². The Kier molecular flexibility index (Phi) is 7.83. The van der Waals surface area contributed by atoms with Gasteiger partial charge in [0.1, 0.15) is 5.75 Å². The van der Waals surface area contributed by atoms with Crippen molar-refractivity contribution in [3.05, 3.63) is 95.2 Å². The molecule has 0 saturated heterocycles. The van der Waals surface area contributed by atoms with Crippen molar-refractivity contribution >= 4 is 23.4 Å². The van der Waals surface area contributed by atoms with Gasteiger partial charge in [-0.25, -0.2) is 9.79 Å². The fourth-order valence-electron chi connectivity index (χ4n) is 4.60. The monoisotopic (exact) mass is 518 g/mol. The molecule has 0 spiro atoms. The number of aromatic nitrogens is 1. The number of benzene rings is 2. The topological polar surface area (TPSA) is 69.9 Å². The molecule has 0 N–H and O–H groups in total. The van der Waals surface area contributed by atoms with Crippen LogP contribution in [0.5, 0.6) is 5.75 Å². The number of aryl methyl sites for hydroxylation is 2. The van der Waals surface area contributed by atoms with Crippen LogP contribution in [0.3, 0.4) is 0 Å². The number of carbonyl (C=O) groups excluding carboxylic acids is 1. The van der Waals surface area contributed by atoms with Gasteiger partial charge < -0.3 is 9.47 Å². The smallest absolute Gasteiger partial charge is 0.338 e. The van der Waals surface area contributed by atoms with Gasteiger partial charge in [-0.15, -0.1) is 0 Å². The Morgan fingerprint density at radius 2 is 1.81 bits per heavy atom. The van der Waals surface area contributed by atoms with E-state index in [4.69, 9.17) is 9.47 Å². The number of fused-ring (bicyclic) bond motifs is 1. The second-order valence-electron chi connectivity index (χ2n) is 9.55. The maximum Gasteiger partial charge on any atom is 0.338 e. The lowest BCUT2D eigenvalue weighted by Crippen LogP contribution is -2.39. The summed E-state index contributed by atoms with van der Waals surface area (Å²) < 4.78 is 13.4. The Morgan fingerprint density at radius 3 is 2.43 bits per heavy atom. The zero-order chi connectivity index (χ0) is 26.9. The predicted molar refractivity (Wildman–Crippen MR) is 148 cm³/mol. The maximum absolute atomic E-state index is 13.9. The zero-order valence-electron chi connectivity index (χ0n) is 22.5. The molecule has 3 aromatic rings. The van der Waals surface area contributed by atoms with E-state index in [0.29, 0.717) is 27.2 Å². The van der Waals surface area contributed by atoms with Crippen molar-refractivity contribution in [1.29, 1.82) is 0 Å². The van der Waals surface area contributed by atoms with Crippen LogP contribution in [0.1, 0.15) is 74.4 Å². The largest absolute Gasteiger partial charge is 0.494 e. The first-order valence-electron chi connectivity index (χ1n) is 12.7. The predicted octanol–water partition coefficient (Wildman–Crippen LogP) is 4.94. The lowest BCUT2D eigenvalue weighted by molar-refractivity contribution is -0.139. The van der Waals surface area contributed by atoms with E-state index in [9.17, 15) is 9.59 Å². The minimum absolute atomic E-state index is 0.178. The molecule has 1 aliphatic heterocycles. The van der Waals surface area contributed by atoms with E-state index >= 15 is 0 Å². The van der Waals surface area contributed by atoms with Crippen LogP contribution in [0, 0.1) is 13.8 Å². The van der Waals surface area contributed by atoms with Crippen molar-refractivity contribution in [2.75, 3.05) is 13.2 Å². The second kappa shape index (κ2) is 10.9. The maximum atomic E-state index is 13.9. The molecule has 1 atom stereocenters. The van der Waals surface area contributed by atoms with Gasteiger partial charge >= 0.3 is 5.97 Å². The van der Waals surface area contributed by atoms with Crippen LogP contribution < -0.4 is 19.6 Å². The summed E-state index contributed by atoms with van der Waals surface area (Å²) in [6, 6.07) is 11.4. The quantitative estimate of drug-likeness (QED) is 0.416. The number of esters is 1. The molecule has 194 valence electrons. The lowest BCUT2D eigenvalue weighted by atomic mass is 9.95. The van der Waals surface area contributed by atoms with Gasteiger partial charge in [-0.05, 0) is 81.0 Å². The van der Waals surface area contributed by atoms with Crippen molar-refractivity contribution < 1.29 is 14.3 Å². The minimum Gasteiger partial charge on any atom is -0.494 e. The van der Waals surface area contributed by atoms with Gasteiger partial charge in [0, 0.05) is 0 Å². The van der Waals surface area contributed by atoms with Gasteiger partial charge in [0.25, 0.3) is 5.56 Å². The van der Waals surface area contributed by atoms with Crippen molar-refractivity contribution in [3.63, 3.8) is 0 Å². The van der Waals surface area contributed by atoms with E-state index in [-0.39, 0.29) is 18.1 Å². The molecule has 6 nitrogen and oxygen atoms in total. The average Bonchev–Trinajstić information content (AvgIpc) is 3.14. The number of carbonyl (C=O) groups is 1. The minimum atomic E-state index is -0.606. The molecule has 0 amide bonds.